The average Bonchev–Trinajstić information content (AvgIpc) is 2.72. The summed E-state index contributed by atoms with van der Waals surface area (Å²) in [6.07, 6.45) is 1.22. The third kappa shape index (κ3) is 4.81. The van der Waals surface area contributed by atoms with Gasteiger partial charge in [0, 0.05) is 17.2 Å². The van der Waals surface area contributed by atoms with Crippen LogP contribution in [-0.2, 0) is 6.42 Å². The molecule has 0 amide bonds. The molecule has 3 rings (SSSR count). The van der Waals surface area contributed by atoms with Gasteiger partial charge in [-0.25, -0.2) is 13.2 Å². The largest absolute Gasteiger partial charge is 0.494 e. The third-order valence-corrected chi connectivity index (χ3v) is 4.47. The zero-order valence-electron chi connectivity index (χ0n) is 16.4. The summed E-state index contributed by atoms with van der Waals surface area (Å²) in [6.45, 7) is 4.22. The van der Waals surface area contributed by atoms with Gasteiger partial charge < -0.3 is 4.74 Å². The summed E-state index contributed by atoms with van der Waals surface area (Å²) in [6, 6.07) is 14.7. The minimum atomic E-state index is -0.920. The van der Waals surface area contributed by atoms with E-state index in [1.807, 2.05) is 13.8 Å². The highest BCUT2D eigenvalue weighted by atomic mass is 19.2. The van der Waals surface area contributed by atoms with E-state index in [9.17, 15) is 13.2 Å². The van der Waals surface area contributed by atoms with Crippen LogP contribution in [0.5, 0.6) is 5.75 Å². The molecule has 4 heteroatoms. The lowest BCUT2D eigenvalue weighted by Gasteiger charge is -2.07. The molecule has 3 aromatic rings. The van der Waals surface area contributed by atoms with Gasteiger partial charge in [0.15, 0.2) is 11.6 Å². The molecule has 0 fully saturated rings. The third-order valence-electron chi connectivity index (χ3n) is 4.47. The van der Waals surface area contributed by atoms with Crippen molar-refractivity contribution in [3.63, 3.8) is 0 Å². The zero-order chi connectivity index (χ0) is 20.8. The van der Waals surface area contributed by atoms with Crippen molar-refractivity contribution < 1.29 is 17.9 Å². The highest BCUT2D eigenvalue weighted by Crippen LogP contribution is 2.26. The van der Waals surface area contributed by atoms with E-state index in [0.29, 0.717) is 41.0 Å². The van der Waals surface area contributed by atoms with Gasteiger partial charge in [0.2, 0.25) is 0 Å². The molecule has 0 saturated carbocycles. The molecule has 0 aliphatic rings. The normalized spacial score (nSPS) is 10.4. The van der Waals surface area contributed by atoms with Crippen LogP contribution in [0.1, 0.15) is 37.0 Å². The van der Waals surface area contributed by atoms with Gasteiger partial charge in [-0.2, -0.15) is 0 Å². The molecule has 29 heavy (non-hydrogen) atoms. The smallest absolute Gasteiger partial charge is 0.174 e. The van der Waals surface area contributed by atoms with Crippen molar-refractivity contribution in [2.75, 3.05) is 6.61 Å². The lowest BCUT2D eigenvalue weighted by Crippen LogP contribution is -1.97. The van der Waals surface area contributed by atoms with Crippen LogP contribution < -0.4 is 4.74 Å². The molecule has 0 aliphatic heterocycles. The van der Waals surface area contributed by atoms with Gasteiger partial charge in [-0.1, -0.05) is 43.4 Å². The van der Waals surface area contributed by atoms with E-state index < -0.39 is 11.6 Å². The van der Waals surface area contributed by atoms with Crippen LogP contribution in [0, 0.1) is 29.3 Å². The highest BCUT2D eigenvalue weighted by Gasteiger charge is 2.11. The fourth-order valence-corrected chi connectivity index (χ4v) is 3.01. The van der Waals surface area contributed by atoms with E-state index in [4.69, 9.17) is 4.74 Å². The first-order chi connectivity index (χ1) is 14.0. The van der Waals surface area contributed by atoms with Gasteiger partial charge in [0.1, 0.15) is 11.6 Å². The number of halogens is 3. The highest BCUT2D eigenvalue weighted by molar-refractivity contribution is 5.66. The standard InChI is InChI=1S/C25H21F3O/c1-3-5-19-12-13-20(25(28)24(19)27)11-8-17-6-9-18(10-7-17)22-15-14-21(29-4-2)16-23(22)26/h6-7,9-10,12-16H,3-5H2,1-2H3. The average molecular weight is 394 g/mol. The van der Waals surface area contributed by atoms with Crippen LogP contribution in [0.25, 0.3) is 11.1 Å². The van der Waals surface area contributed by atoms with Crippen molar-refractivity contribution in [3.05, 3.63) is 88.7 Å². The SMILES string of the molecule is CCCc1ccc(C#Cc2ccc(-c3ccc(OCC)cc3F)cc2)c(F)c1F. The fraction of sp³-hybridized carbons (Fsp3) is 0.200. The lowest BCUT2D eigenvalue weighted by molar-refractivity contribution is 0.338. The van der Waals surface area contributed by atoms with Gasteiger partial charge in [-0.15, -0.1) is 0 Å². The molecule has 0 N–H and O–H groups in total. The molecule has 148 valence electrons. The molecule has 0 heterocycles. The van der Waals surface area contributed by atoms with Crippen molar-refractivity contribution in [1.29, 1.82) is 0 Å². The van der Waals surface area contributed by atoms with Gasteiger partial charge in [0.05, 0.1) is 12.2 Å². The molecule has 0 aromatic heterocycles. The number of hydrogen-bond donors (Lipinski definition) is 0. The molecule has 0 spiro atoms. The molecule has 0 bridgehead atoms. The number of hydrogen-bond acceptors (Lipinski definition) is 1. The Bertz CT molecular complexity index is 1060. The molecular formula is C25H21F3O. The van der Waals surface area contributed by atoms with E-state index in [2.05, 4.69) is 11.8 Å². The maximum atomic E-state index is 14.3. The summed E-state index contributed by atoms with van der Waals surface area (Å²) in [7, 11) is 0. The first-order valence-corrected chi connectivity index (χ1v) is 9.55. The van der Waals surface area contributed by atoms with Crippen molar-refractivity contribution >= 4 is 0 Å². The van der Waals surface area contributed by atoms with Gasteiger partial charge >= 0.3 is 0 Å². The maximum Gasteiger partial charge on any atom is 0.174 e. The minimum Gasteiger partial charge on any atom is -0.494 e. The molecule has 0 aliphatic carbocycles. The Labute approximate surface area is 169 Å². The van der Waals surface area contributed by atoms with Crippen LogP contribution in [0.15, 0.2) is 54.6 Å². The second kappa shape index (κ2) is 9.34. The Morgan fingerprint density at radius 3 is 2.24 bits per heavy atom. The monoisotopic (exact) mass is 394 g/mol. The summed E-state index contributed by atoms with van der Waals surface area (Å²) in [4.78, 5) is 0. The van der Waals surface area contributed by atoms with Gasteiger partial charge in [-0.3, -0.25) is 0 Å². The number of benzene rings is 3. The second-order valence-electron chi connectivity index (χ2n) is 6.55. The van der Waals surface area contributed by atoms with E-state index in [-0.39, 0.29) is 11.4 Å². The van der Waals surface area contributed by atoms with E-state index in [0.717, 1.165) is 6.42 Å². The first kappa shape index (κ1) is 20.5. The quantitative estimate of drug-likeness (QED) is 0.448. The molecular weight excluding hydrogens is 373 g/mol. The number of aryl methyl sites for hydroxylation is 1. The predicted octanol–water partition coefficient (Wildman–Crippen LogP) is 6.52. The summed E-state index contributed by atoms with van der Waals surface area (Å²) in [5.74, 6) is 3.86. The maximum absolute atomic E-state index is 14.3. The van der Waals surface area contributed by atoms with Crippen molar-refractivity contribution in [2.24, 2.45) is 0 Å². The predicted molar refractivity (Wildman–Crippen MR) is 109 cm³/mol. The summed E-state index contributed by atoms with van der Waals surface area (Å²) >= 11 is 0. The summed E-state index contributed by atoms with van der Waals surface area (Å²) < 4.78 is 47.8. The van der Waals surface area contributed by atoms with Crippen LogP contribution in [0.4, 0.5) is 13.2 Å². The van der Waals surface area contributed by atoms with Gasteiger partial charge in [0.25, 0.3) is 0 Å². The molecule has 3 aromatic carbocycles. The Balaban J connectivity index is 1.82. The summed E-state index contributed by atoms with van der Waals surface area (Å²) in [5, 5.41) is 0. The number of rotatable bonds is 5. The Kier molecular flexibility index (Phi) is 6.61. The lowest BCUT2D eigenvalue weighted by atomic mass is 10.0. The molecule has 0 atom stereocenters. The fourth-order valence-electron chi connectivity index (χ4n) is 3.01. The molecule has 0 saturated heterocycles. The van der Waals surface area contributed by atoms with E-state index >= 15 is 0 Å². The van der Waals surface area contributed by atoms with Gasteiger partial charge in [-0.05, 0) is 54.8 Å². The second-order valence-corrected chi connectivity index (χ2v) is 6.55. The number of ether oxygens (including phenoxy) is 1. The van der Waals surface area contributed by atoms with Crippen molar-refractivity contribution in [1.82, 2.24) is 0 Å². The summed E-state index contributed by atoms with van der Waals surface area (Å²) in [5.41, 5.74) is 2.14. The van der Waals surface area contributed by atoms with E-state index in [1.165, 1.54) is 12.1 Å². The molecule has 0 unspecified atom stereocenters. The zero-order valence-corrected chi connectivity index (χ0v) is 16.4. The van der Waals surface area contributed by atoms with Crippen LogP contribution >= 0.6 is 0 Å². The Morgan fingerprint density at radius 2 is 1.59 bits per heavy atom. The van der Waals surface area contributed by atoms with Crippen molar-refractivity contribution in [3.8, 4) is 28.7 Å². The van der Waals surface area contributed by atoms with E-state index in [1.54, 1.807) is 42.5 Å². The van der Waals surface area contributed by atoms with Crippen LogP contribution in [0.2, 0.25) is 0 Å². The van der Waals surface area contributed by atoms with Crippen LogP contribution in [0.3, 0.4) is 0 Å². The Hall–Kier alpha value is -3.19. The van der Waals surface area contributed by atoms with Crippen molar-refractivity contribution in [2.45, 2.75) is 26.7 Å². The molecule has 0 radical (unpaired) electrons. The first-order valence-electron chi connectivity index (χ1n) is 9.55. The topological polar surface area (TPSA) is 9.23 Å². The Morgan fingerprint density at radius 1 is 0.828 bits per heavy atom. The van der Waals surface area contributed by atoms with Crippen LogP contribution in [-0.4, -0.2) is 6.61 Å². The molecule has 1 nitrogen and oxygen atoms in total. The minimum absolute atomic E-state index is 0.0176.